The minimum Gasteiger partial charge on any atom is -0.289 e. The van der Waals surface area contributed by atoms with Gasteiger partial charge >= 0.3 is 0 Å². The van der Waals surface area contributed by atoms with Crippen LogP contribution >= 0.6 is 0 Å². The molecule has 1 aromatic rings. The largest absolute Gasteiger partial charge is 0.289 e. The van der Waals surface area contributed by atoms with Crippen molar-refractivity contribution in [3.8, 4) is 0 Å². The van der Waals surface area contributed by atoms with Crippen molar-refractivity contribution in [2.24, 2.45) is 10.9 Å². The Kier molecular flexibility index (Phi) is 2.62. The Morgan fingerprint density at radius 3 is 2.93 bits per heavy atom. The van der Waals surface area contributed by atoms with Gasteiger partial charge < -0.3 is 0 Å². The first-order chi connectivity index (χ1) is 6.75. The normalized spacial score (nSPS) is 21.9. The second kappa shape index (κ2) is 3.91. The van der Waals surface area contributed by atoms with Crippen LogP contribution in [0.3, 0.4) is 0 Å². The number of hydrogen-bond acceptors (Lipinski definition) is 1. The quantitative estimate of drug-likeness (QED) is 0.647. The highest BCUT2D eigenvalue weighted by atomic mass is 19.1. The van der Waals surface area contributed by atoms with E-state index in [0.717, 1.165) is 30.7 Å². The van der Waals surface area contributed by atoms with E-state index in [4.69, 9.17) is 0 Å². The van der Waals surface area contributed by atoms with Gasteiger partial charge in [-0.1, -0.05) is 19.1 Å². The van der Waals surface area contributed by atoms with Crippen molar-refractivity contribution in [3.05, 3.63) is 35.6 Å². The van der Waals surface area contributed by atoms with Crippen molar-refractivity contribution < 1.29 is 4.39 Å². The molecule has 0 fully saturated rings. The van der Waals surface area contributed by atoms with Gasteiger partial charge in [-0.3, -0.25) is 4.99 Å². The molecule has 0 saturated carbocycles. The maximum Gasteiger partial charge on any atom is 0.123 e. The third-order valence-electron chi connectivity index (χ3n) is 2.63. The fourth-order valence-electron chi connectivity index (χ4n) is 1.72. The van der Waals surface area contributed by atoms with Gasteiger partial charge in [-0.25, -0.2) is 4.39 Å². The van der Waals surface area contributed by atoms with E-state index < -0.39 is 0 Å². The lowest BCUT2D eigenvalue weighted by molar-refractivity contribution is 0.538. The number of benzene rings is 1. The maximum absolute atomic E-state index is 12.9. The first kappa shape index (κ1) is 9.38. The Labute approximate surface area is 83.7 Å². The number of hydrogen-bond donors (Lipinski definition) is 0. The van der Waals surface area contributed by atoms with Crippen LogP contribution in [0.4, 0.5) is 4.39 Å². The summed E-state index contributed by atoms with van der Waals surface area (Å²) in [5.41, 5.74) is 2.00. The number of aliphatic imine (C=N–C) groups is 1. The Bertz CT molecular complexity index is 357. The van der Waals surface area contributed by atoms with Crippen molar-refractivity contribution in [3.63, 3.8) is 0 Å². The molecule has 2 rings (SSSR count). The Balaban J connectivity index is 2.23. The molecule has 1 aliphatic rings. The molecule has 74 valence electrons. The highest BCUT2D eigenvalue weighted by Gasteiger charge is 2.12. The van der Waals surface area contributed by atoms with Gasteiger partial charge in [-0.15, -0.1) is 0 Å². The molecule has 1 aromatic carbocycles. The molecular formula is C12H14FN. The Morgan fingerprint density at radius 2 is 2.29 bits per heavy atom. The van der Waals surface area contributed by atoms with E-state index in [1.165, 1.54) is 6.07 Å². The lowest BCUT2D eigenvalue weighted by Gasteiger charge is -2.17. The molecule has 14 heavy (non-hydrogen) atoms. The van der Waals surface area contributed by atoms with Gasteiger partial charge in [0, 0.05) is 12.3 Å². The fourth-order valence-corrected chi connectivity index (χ4v) is 1.72. The first-order valence-corrected chi connectivity index (χ1v) is 5.05. The summed E-state index contributed by atoms with van der Waals surface area (Å²) in [5, 5.41) is 0. The van der Waals surface area contributed by atoms with E-state index in [2.05, 4.69) is 11.9 Å². The molecule has 0 radical (unpaired) electrons. The summed E-state index contributed by atoms with van der Waals surface area (Å²) in [6, 6.07) is 6.70. The molecular weight excluding hydrogens is 177 g/mol. The van der Waals surface area contributed by atoms with Gasteiger partial charge in [0.15, 0.2) is 0 Å². The lowest BCUT2D eigenvalue weighted by atomic mass is 9.96. The summed E-state index contributed by atoms with van der Waals surface area (Å²) in [5.74, 6) is 0.496. The zero-order valence-electron chi connectivity index (χ0n) is 8.33. The Hall–Kier alpha value is -1.18. The lowest BCUT2D eigenvalue weighted by Crippen LogP contribution is -2.14. The van der Waals surface area contributed by atoms with Crippen LogP contribution in [0.25, 0.3) is 0 Å². The van der Waals surface area contributed by atoms with Gasteiger partial charge in [0.1, 0.15) is 5.82 Å². The van der Waals surface area contributed by atoms with Gasteiger partial charge in [-0.2, -0.15) is 0 Å². The maximum atomic E-state index is 12.9. The van der Waals surface area contributed by atoms with Crippen LogP contribution in [-0.2, 0) is 0 Å². The molecule has 0 unspecified atom stereocenters. The van der Waals surface area contributed by atoms with E-state index in [-0.39, 0.29) is 5.82 Å². The van der Waals surface area contributed by atoms with Crippen molar-refractivity contribution in [1.29, 1.82) is 0 Å². The van der Waals surface area contributed by atoms with Crippen LogP contribution in [0.1, 0.15) is 25.3 Å². The predicted molar refractivity (Wildman–Crippen MR) is 56.2 cm³/mol. The van der Waals surface area contributed by atoms with Crippen molar-refractivity contribution in [2.75, 3.05) is 6.54 Å². The number of halogens is 1. The smallest absolute Gasteiger partial charge is 0.123 e. The molecule has 0 aliphatic carbocycles. The highest BCUT2D eigenvalue weighted by molar-refractivity contribution is 6.00. The van der Waals surface area contributed by atoms with Crippen LogP contribution < -0.4 is 0 Å². The zero-order chi connectivity index (χ0) is 9.97. The summed E-state index contributed by atoms with van der Waals surface area (Å²) in [6.45, 7) is 3.08. The molecule has 1 heterocycles. The summed E-state index contributed by atoms with van der Waals surface area (Å²) in [6.07, 6.45) is 2.14. The molecule has 0 saturated heterocycles. The summed E-state index contributed by atoms with van der Waals surface area (Å²) < 4.78 is 12.9. The third-order valence-corrected chi connectivity index (χ3v) is 2.63. The van der Waals surface area contributed by atoms with Gasteiger partial charge in [0.2, 0.25) is 0 Å². The average Bonchev–Trinajstić information content (AvgIpc) is 2.19. The van der Waals surface area contributed by atoms with E-state index in [1.54, 1.807) is 12.1 Å². The van der Waals surface area contributed by atoms with Crippen LogP contribution in [0, 0.1) is 11.7 Å². The number of rotatable bonds is 1. The highest BCUT2D eigenvalue weighted by Crippen LogP contribution is 2.18. The molecule has 0 aromatic heterocycles. The molecule has 0 spiro atoms. The minimum absolute atomic E-state index is 0.177. The Morgan fingerprint density at radius 1 is 1.43 bits per heavy atom. The topological polar surface area (TPSA) is 12.4 Å². The molecule has 0 amide bonds. The monoisotopic (exact) mass is 191 g/mol. The van der Waals surface area contributed by atoms with Crippen molar-refractivity contribution in [1.82, 2.24) is 0 Å². The molecule has 2 heteroatoms. The van der Waals surface area contributed by atoms with E-state index in [9.17, 15) is 4.39 Å². The van der Waals surface area contributed by atoms with E-state index >= 15 is 0 Å². The van der Waals surface area contributed by atoms with Crippen LogP contribution in [0.15, 0.2) is 29.3 Å². The van der Waals surface area contributed by atoms with E-state index in [1.807, 2.05) is 6.07 Å². The summed E-state index contributed by atoms with van der Waals surface area (Å²) >= 11 is 0. The molecule has 0 bridgehead atoms. The average molecular weight is 191 g/mol. The molecule has 0 N–H and O–H groups in total. The van der Waals surface area contributed by atoms with Crippen LogP contribution in [-0.4, -0.2) is 12.3 Å². The van der Waals surface area contributed by atoms with E-state index in [0.29, 0.717) is 5.92 Å². The standard InChI is InChI=1S/C12H14FN/c1-9-5-6-12(14-8-9)10-3-2-4-11(13)7-10/h2-4,7,9H,5-6,8H2,1H3/t9-/m0/s1. The van der Waals surface area contributed by atoms with Gasteiger partial charge in [-0.05, 0) is 36.5 Å². The summed E-state index contributed by atoms with van der Waals surface area (Å²) in [7, 11) is 0. The van der Waals surface area contributed by atoms with Crippen LogP contribution in [0.2, 0.25) is 0 Å². The second-order valence-electron chi connectivity index (χ2n) is 3.94. The predicted octanol–water partition coefficient (Wildman–Crippen LogP) is 3.04. The SMILES string of the molecule is C[C@H]1CCC(c2cccc(F)c2)=NC1. The molecule has 1 nitrogen and oxygen atoms in total. The summed E-state index contributed by atoms with van der Waals surface area (Å²) in [4.78, 5) is 4.47. The van der Waals surface area contributed by atoms with Crippen molar-refractivity contribution >= 4 is 5.71 Å². The number of nitrogens with zero attached hydrogens (tertiary/aromatic N) is 1. The van der Waals surface area contributed by atoms with Gasteiger partial charge in [0.05, 0.1) is 0 Å². The molecule has 1 atom stereocenters. The van der Waals surface area contributed by atoms with Crippen molar-refractivity contribution in [2.45, 2.75) is 19.8 Å². The second-order valence-corrected chi connectivity index (χ2v) is 3.94. The van der Waals surface area contributed by atoms with Gasteiger partial charge in [0.25, 0.3) is 0 Å². The van der Waals surface area contributed by atoms with Crippen LogP contribution in [0.5, 0.6) is 0 Å². The molecule has 1 aliphatic heterocycles. The zero-order valence-corrected chi connectivity index (χ0v) is 8.33. The first-order valence-electron chi connectivity index (χ1n) is 5.05. The third kappa shape index (κ3) is 2.00. The minimum atomic E-state index is -0.177. The fraction of sp³-hybridized carbons (Fsp3) is 0.417.